The first-order valence-corrected chi connectivity index (χ1v) is 12.8. The van der Waals surface area contributed by atoms with Crippen molar-refractivity contribution < 1.29 is 23.9 Å². The molecule has 1 saturated carbocycles. The number of fused-ring (bicyclic) bond motifs is 4. The molecule has 3 aliphatic rings. The number of nitrogens with zero attached hydrogens (tertiary/aromatic N) is 1. The fraction of sp³-hybridized carbons (Fsp3) is 0.429. The number of anilines is 1. The molecule has 182 valence electrons. The number of hydrogen-bond donors (Lipinski definition) is 0. The second kappa shape index (κ2) is 7.98. The van der Waals surface area contributed by atoms with Gasteiger partial charge in [-0.15, -0.1) is 11.3 Å². The molecule has 1 amide bonds. The van der Waals surface area contributed by atoms with E-state index in [1.165, 1.54) is 11.3 Å². The molecule has 1 fully saturated rings. The highest BCUT2D eigenvalue weighted by atomic mass is 32.1. The molecule has 0 unspecified atom stereocenters. The zero-order chi connectivity index (χ0) is 25.3. The van der Waals surface area contributed by atoms with Crippen LogP contribution in [0, 0.1) is 23.7 Å². The van der Waals surface area contributed by atoms with Crippen LogP contribution in [-0.2, 0) is 29.3 Å². The van der Waals surface area contributed by atoms with Crippen molar-refractivity contribution in [1.82, 2.24) is 0 Å². The van der Waals surface area contributed by atoms with Crippen molar-refractivity contribution in [3.8, 4) is 0 Å². The normalized spacial score (nSPS) is 31.9. The Balaban J connectivity index is 1.77. The molecule has 0 radical (unpaired) electrons. The Morgan fingerprint density at radius 1 is 1.14 bits per heavy atom. The smallest absolute Gasteiger partial charge is 0.317 e. The maximum Gasteiger partial charge on any atom is 0.317 e. The number of carbonyl (C=O) groups is 4. The first-order chi connectivity index (χ1) is 16.5. The van der Waals surface area contributed by atoms with E-state index < -0.39 is 46.6 Å². The van der Waals surface area contributed by atoms with Gasteiger partial charge in [-0.2, -0.15) is 0 Å². The van der Waals surface area contributed by atoms with Crippen LogP contribution < -0.4 is 4.90 Å². The summed E-state index contributed by atoms with van der Waals surface area (Å²) < 4.78 is 5.73. The van der Waals surface area contributed by atoms with Gasteiger partial charge in [0.1, 0.15) is 17.8 Å². The summed E-state index contributed by atoms with van der Waals surface area (Å²) in [5, 5.41) is 1.91. The van der Waals surface area contributed by atoms with E-state index in [-0.39, 0.29) is 11.7 Å². The third kappa shape index (κ3) is 3.20. The van der Waals surface area contributed by atoms with E-state index >= 15 is 0 Å². The van der Waals surface area contributed by atoms with Crippen LogP contribution in [0.2, 0.25) is 0 Å². The first-order valence-electron chi connectivity index (χ1n) is 11.9. The molecule has 35 heavy (non-hydrogen) atoms. The zero-order valence-electron chi connectivity index (χ0n) is 20.5. The van der Waals surface area contributed by atoms with Crippen LogP contribution in [0.3, 0.4) is 0 Å². The second-order valence-electron chi connectivity index (χ2n) is 10.8. The number of hydrogen-bond acceptors (Lipinski definition) is 6. The summed E-state index contributed by atoms with van der Waals surface area (Å²) in [5.74, 6) is -4.43. The largest absolute Gasteiger partial charge is 0.459 e. The van der Waals surface area contributed by atoms with Crippen molar-refractivity contribution in [2.45, 2.75) is 44.6 Å². The van der Waals surface area contributed by atoms with Crippen LogP contribution in [0.25, 0.3) is 0 Å². The number of Topliss-reactive ketones (excluding diaryl/α,β-unsaturated/α-hetero) is 1. The quantitative estimate of drug-likeness (QED) is 0.363. The highest BCUT2D eigenvalue weighted by molar-refractivity contribution is 7.10. The molecule has 0 bridgehead atoms. The number of aldehydes is 1. The molecular formula is C28H29NO5S. The second-order valence-corrected chi connectivity index (χ2v) is 11.7. The Kier molecular flexibility index (Phi) is 5.40. The SMILES string of the molecule is C[C@@H]1C(C=O)=C[C@@H]2[C@@H](c3cccs3)[C@H](C(=O)OC(C)(C)C)C(=O)[C@H]2[C@@]12C(=O)N(C)c1ccccc12. The molecule has 5 rings (SSSR count). The molecule has 1 aromatic carbocycles. The summed E-state index contributed by atoms with van der Waals surface area (Å²) in [6, 6.07) is 11.3. The van der Waals surface area contributed by atoms with Gasteiger partial charge in [0.2, 0.25) is 5.91 Å². The minimum atomic E-state index is -1.26. The Morgan fingerprint density at radius 2 is 1.86 bits per heavy atom. The zero-order valence-corrected chi connectivity index (χ0v) is 21.3. The lowest BCUT2D eigenvalue weighted by Crippen LogP contribution is -2.55. The molecule has 7 heteroatoms. The average Bonchev–Trinajstić information content (AvgIpc) is 3.48. The van der Waals surface area contributed by atoms with Crippen molar-refractivity contribution in [2.75, 3.05) is 11.9 Å². The molecule has 2 aliphatic carbocycles. The van der Waals surface area contributed by atoms with Crippen molar-refractivity contribution >= 4 is 41.0 Å². The van der Waals surface area contributed by atoms with Gasteiger partial charge in [0.25, 0.3) is 0 Å². The predicted octanol–water partition coefficient (Wildman–Crippen LogP) is 4.29. The van der Waals surface area contributed by atoms with E-state index in [9.17, 15) is 19.2 Å². The molecule has 2 heterocycles. The number of amides is 1. The summed E-state index contributed by atoms with van der Waals surface area (Å²) in [4.78, 5) is 56.8. The van der Waals surface area contributed by atoms with Gasteiger partial charge in [-0.3, -0.25) is 19.2 Å². The van der Waals surface area contributed by atoms with Gasteiger partial charge in [-0.05, 0) is 55.3 Å². The van der Waals surface area contributed by atoms with Crippen molar-refractivity contribution in [3.05, 3.63) is 63.9 Å². The number of esters is 1. The third-order valence-corrected chi connectivity index (χ3v) is 8.84. The predicted molar refractivity (Wildman–Crippen MR) is 133 cm³/mol. The van der Waals surface area contributed by atoms with Crippen LogP contribution in [-0.4, -0.2) is 36.6 Å². The van der Waals surface area contributed by atoms with E-state index in [0.717, 1.165) is 22.4 Å². The van der Waals surface area contributed by atoms with Gasteiger partial charge in [0, 0.05) is 35.4 Å². The van der Waals surface area contributed by atoms with Gasteiger partial charge >= 0.3 is 5.97 Å². The fourth-order valence-electron chi connectivity index (χ4n) is 6.56. The van der Waals surface area contributed by atoms with Gasteiger partial charge in [-0.25, -0.2) is 0 Å². The maximum absolute atomic E-state index is 14.4. The standard InChI is InChI=1S/C28H29NO5S/c1-15-16(14-30)13-17-21(20-11-8-12-35-20)22(25(32)34-27(2,3)4)24(31)23(17)28(15)18-9-6-7-10-19(18)29(5)26(28)33/h6-15,17,21-23H,1-5H3/t15-,17-,21+,22+,23+,28-/m1/s1. The number of benzene rings is 1. The van der Waals surface area contributed by atoms with Gasteiger partial charge in [-0.1, -0.05) is 37.3 Å². The Hall–Kier alpha value is -3.06. The summed E-state index contributed by atoms with van der Waals surface area (Å²) in [5.41, 5.74) is -0.0637. The summed E-state index contributed by atoms with van der Waals surface area (Å²) in [6.07, 6.45) is 2.64. The molecule has 6 nitrogen and oxygen atoms in total. The van der Waals surface area contributed by atoms with Crippen LogP contribution >= 0.6 is 11.3 Å². The topological polar surface area (TPSA) is 80.8 Å². The number of carbonyl (C=O) groups excluding carboxylic acids is 4. The molecular weight excluding hydrogens is 462 g/mol. The highest BCUT2D eigenvalue weighted by Gasteiger charge is 2.70. The van der Waals surface area contributed by atoms with Crippen LogP contribution in [0.5, 0.6) is 0 Å². The number of thiophene rings is 1. The van der Waals surface area contributed by atoms with Gasteiger partial charge < -0.3 is 9.64 Å². The van der Waals surface area contributed by atoms with Gasteiger partial charge in [0.15, 0.2) is 5.78 Å². The lowest BCUT2D eigenvalue weighted by Gasteiger charge is -2.45. The lowest BCUT2D eigenvalue weighted by atomic mass is 9.55. The highest BCUT2D eigenvalue weighted by Crippen LogP contribution is 2.63. The molecule has 6 atom stereocenters. The molecule has 1 aromatic heterocycles. The Bertz CT molecular complexity index is 1260. The first kappa shape index (κ1) is 23.7. The van der Waals surface area contributed by atoms with E-state index in [2.05, 4.69) is 0 Å². The number of para-hydroxylation sites is 1. The molecule has 1 aliphatic heterocycles. The minimum Gasteiger partial charge on any atom is -0.459 e. The molecule has 0 saturated heterocycles. The number of rotatable bonds is 3. The van der Waals surface area contributed by atoms with Gasteiger partial charge in [0.05, 0.1) is 5.41 Å². The van der Waals surface area contributed by atoms with E-state index in [0.29, 0.717) is 5.57 Å². The van der Waals surface area contributed by atoms with Crippen LogP contribution in [0.4, 0.5) is 5.69 Å². The monoisotopic (exact) mass is 491 g/mol. The van der Waals surface area contributed by atoms with Crippen LogP contribution in [0.15, 0.2) is 53.4 Å². The number of ketones is 1. The summed E-state index contributed by atoms with van der Waals surface area (Å²) in [7, 11) is 1.71. The molecule has 1 spiro atoms. The average molecular weight is 492 g/mol. The summed E-state index contributed by atoms with van der Waals surface area (Å²) >= 11 is 1.47. The van der Waals surface area contributed by atoms with Crippen molar-refractivity contribution in [2.24, 2.45) is 23.7 Å². The van der Waals surface area contributed by atoms with Crippen LogP contribution in [0.1, 0.15) is 44.1 Å². The minimum absolute atomic E-state index is 0.211. The third-order valence-electron chi connectivity index (χ3n) is 7.87. The maximum atomic E-state index is 14.4. The summed E-state index contributed by atoms with van der Waals surface area (Å²) in [6.45, 7) is 7.17. The van der Waals surface area contributed by atoms with Crippen molar-refractivity contribution in [1.29, 1.82) is 0 Å². The van der Waals surface area contributed by atoms with Crippen molar-refractivity contribution in [3.63, 3.8) is 0 Å². The Morgan fingerprint density at radius 3 is 2.49 bits per heavy atom. The van der Waals surface area contributed by atoms with E-state index in [1.807, 2.05) is 54.8 Å². The fourth-order valence-corrected chi connectivity index (χ4v) is 7.48. The number of ether oxygens (including phenoxy) is 1. The Labute approximate surface area is 209 Å². The molecule has 2 aromatic rings. The van der Waals surface area contributed by atoms with E-state index in [1.54, 1.807) is 32.7 Å². The molecule has 0 N–H and O–H groups in total. The number of likely N-dealkylation sites (N-methyl/N-ethyl adjacent to an activating group) is 1. The number of allylic oxidation sites excluding steroid dienone is 2. The van der Waals surface area contributed by atoms with E-state index in [4.69, 9.17) is 4.74 Å². The lowest BCUT2D eigenvalue weighted by molar-refractivity contribution is -0.162.